The van der Waals surface area contributed by atoms with Crippen LogP contribution in [-0.4, -0.2) is 36.5 Å². The van der Waals surface area contributed by atoms with E-state index in [1.54, 1.807) is 6.26 Å². The van der Waals surface area contributed by atoms with Crippen LogP contribution >= 0.6 is 0 Å². The topological polar surface area (TPSA) is 54.6 Å². The summed E-state index contributed by atoms with van der Waals surface area (Å²) >= 11 is 0. The fourth-order valence-corrected chi connectivity index (χ4v) is 2.68. The third-order valence-corrected chi connectivity index (χ3v) is 3.87. The van der Waals surface area contributed by atoms with E-state index in [9.17, 15) is 5.11 Å². The second-order valence-electron chi connectivity index (χ2n) is 5.84. The van der Waals surface area contributed by atoms with Crippen molar-refractivity contribution < 1.29 is 14.3 Å². The normalized spacial score (nSPS) is 19.9. The molecule has 20 heavy (non-hydrogen) atoms. The lowest BCUT2D eigenvalue weighted by atomic mass is 9.98. The molecular formula is C16H27NO3. The highest BCUT2D eigenvalue weighted by Crippen LogP contribution is 2.20. The van der Waals surface area contributed by atoms with Crippen LogP contribution < -0.4 is 5.32 Å². The molecule has 1 aliphatic carbocycles. The van der Waals surface area contributed by atoms with E-state index < -0.39 is 6.10 Å². The zero-order valence-electron chi connectivity index (χ0n) is 12.4. The molecule has 0 bridgehead atoms. The van der Waals surface area contributed by atoms with Crippen LogP contribution in [0.3, 0.4) is 0 Å². The van der Waals surface area contributed by atoms with Gasteiger partial charge in [0.2, 0.25) is 0 Å². The number of nitrogens with one attached hydrogen (secondary N) is 1. The van der Waals surface area contributed by atoms with Gasteiger partial charge in [0.1, 0.15) is 5.76 Å². The van der Waals surface area contributed by atoms with Crippen molar-refractivity contribution >= 4 is 0 Å². The average Bonchev–Trinajstić information content (AvgIpc) is 2.97. The van der Waals surface area contributed by atoms with Crippen molar-refractivity contribution in [1.29, 1.82) is 0 Å². The van der Waals surface area contributed by atoms with E-state index in [1.165, 1.54) is 19.3 Å². The van der Waals surface area contributed by atoms with Crippen molar-refractivity contribution in [3.05, 3.63) is 24.2 Å². The Morgan fingerprint density at radius 2 is 2.20 bits per heavy atom. The zero-order chi connectivity index (χ0) is 14.2. The molecule has 4 nitrogen and oxygen atoms in total. The minimum Gasteiger partial charge on any atom is -0.469 e. The van der Waals surface area contributed by atoms with Gasteiger partial charge in [0.25, 0.3) is 0 Å². The highest BCUT2D eigenvalue weighted by molar-refractivity contribution is 4.99. The van der Waals surface area contributed by atoms with Gasteiger partial charge < -0.3 is 19.6 Å². The zero-order valence-corrected chi connectivity index (χ0v) is 12.4. The van der Waals surface area contributed by atoms with Crippen LogP contribution in [0.4, 0.5) is 0 Å². The first-order valence-electron chi connectivity index (χ1n) is 7.79. The minimum absolute atomic E-state index is 0.283. The summed E-state index contributed by atoms with van der Waals surface area (Å²) in [7, 11) is 0. The van der Waals surface area contributed by atoms with Gasteiger partial charge in [0.05, 0.1) is 25.1 Å². The predicted octanol–water partition coefficient (Wildman–Crippen LogP) is 2.51. The highest BCUT2D eigenvalue weighted by Gasteiger charge is 2.16. The lowest BCUT2D eigenvalue weighted by Crippen LogP contribution is -2.37. The lowest BCUT2D eigenvalue weighted by Gasteiger charge is -2.24. The first kappa shape index (κ1) is 15.5. The summed E-state index contributed by atoms with van der Waals surface area (Å²) < 4.78 is 11.1. The molecule has 114 valence electrons. The molecule has 2 N–H and O–H groups in total. The van der Waals surface area contributed by atoms with E-state index in [0.717, 1.165) is 25.0 Å². The second-order valence-corrected chi connectivity index (χ2v) is 5.84. The van der Waals surface area contributed by atoms with Gasteiger partial charge in [-0.2, -0.15) is 0 Å². The average molecular weight is 281 g/mol. The minimum atomic E-state index is -0.434. The van der Waals surface area contributed by atoms with Crippen LogP contribution in [0.25, 0.3) is 0 Å². The molecule has 0 aromatic carbocycles. The van der Waals surface area contributed by atoms with Crippen molar-refractivity contribution in [1.82, 2.24) is 5.32 Å². The van der Waals surface area contributed by atoms with Gasteiger partial charge >= 0.3 is 0 Å². The smallest absolute Gasteiger partial charge is 0.105 e. The molecule has 1 saturated carbocycles. The molecule has 0 radical (unpaired) electrons. The van der Waals surface area contributed by atoms with E-state index in [1.807, 2.05) is 12.1 Å². The molecule has 2 rings (SSSR count). The van der Waals surface area contributed by atoms with E-state index in [-0.39, 0.29) is 6.04 Å². The molecule has 0 aliphatic heterocycles. The molecule has 2 atom stereocenters. The van der Waals surface area contributed by atoms with Gasteiger partial charge in [0, 0.05) is 19.0 Å². The van der Waals surface area contributed by atoms with Crippen molar-refractivity contribution in [3.8, 4) is 0 Å². The number of furan rings is 1. The van der Waals surface area contributed by atoms with E-state index >= 15 is 0 Å². The molecule has 0 saturated heterocycles. The fourth-order valence-electron chi connectivity index (χ4n) is 2.68. The molecule has 0 amide bonds. The van der Waals surface area contributed by atoms with Crippen LogP contribution in [0.5, 0.6) is 0 Å². The maximum Gasteiger partial charge on any atom is 0.105 e. The first-order valence-corrected chi connectivity index (χ1v) is 7.79. The molecule has 0 spiro atoms. The highest BCUT2D eigenvalue weighted by atomic mass is 16.5. The number of hydrogen-bond donors (Lipinski definition) is 2. The summed E-state index contributed by atoms with van der Waals surface area (Å²) in [6, 6.07) is 4.15. The number of aliphatic hydroxyl groups is 1. The Morgan fingerprint density at radius 3 is 2.90 bits per heavy atom. The summed E-state index contributed by atoms with van der Waals surface area (Å²) in [5.41, 5.74) is 0. The van der Waals surface area contributed by atoms with Crippen LogP contribution in [-0.2, 0) is 11.2 Å². The number of rotatable bonds is 8. The monoisotopic (exact) mass is 281 g/mol. The largest absolute Gasteiger partial charge is 0.469 e. The molecule has 1 heterocycles. The third-order valence-electron chi connectivity index (χ3n) is 3.87. The predicted molar refractivity (Wildman–Crippen MR) is 78.7 cm³/mol. The maximum absolute atomic E-state index is 9.94. The van der Waals surface area contributed by atoms with Gasteiger partial charge in [-0.1, -0.05) is 19.3 Å². The Hall–Kier alpha value is -0.840. The fraction of sp³-hybridized carbons (Fsp3) is 0.750. The van der Waals surface area contributed by atoms with Crippen molar-refractivity contribution in [2.75, 3.05) is 13.2 Å². The molecule has 1 aromatic heterocycles. The number of ether oxygens (including phenoxy) is 1. The summed E-state index contributed by atoms with van der Waals surface area (Å²) in [5, 5.41) is 13.3. The molecule has 4 heteroatoms. The molecule has 1 fully saturated rings. The third kappa shape index (κ3) is 5.65. The van der Waals surface area contributed by atoms with Crippen LogP contribution in [0, 0.1) is 0 Å². The Labute approximate surface area is 121 Å². The molecular weight excluding hydrogens is 254 g/mol. The Morgan fingerprint density at radius 1 is 1.40 bits per heavy atom. The van der Waals surface area contributed by atoms with Crippen molar-refractivity contribution in [2.24, 2.45) is 0 Å². The van der Waals surface area contributed by atoms with E-state index in [4.69, 9.17) is 9.15 Å². The summed E-state index contributed by atoms with van der Waals surface area (Å²) in [5.74, 6) is 0.970. The van der Waals surface area contributed by atoms with Crippen molar-refractivity contribution in [2.45, 2.75) is 63.7 Å². The summed E-state index contributed by atoms with van der Waals surface area (Å²) in [6.07, 6.45) is 8.60. The molecule has 1 aliphatic rings. The van der Waals surface area contributed by atoms with Crippen LogP contribution in [0.15, 0.2) is 22.8 Å². The van der Waals surface area contributed by atoms with Gasteiger partial charge in [0.15, 0.2) is 0 Å². The summed E-state index contributed by atoms with van der Waals surface area (Å²) in [4.78, 5) is 0. The molecule has 2 unspecified atom stereocenters. The van der Waals surface area contributed by atoms with Crippen LogP contribution in [0.2, 0.25) is 0 Å². The van der Waals surface area contributed by atoms with Gasteiger partial charge in [-0.25, -0.2) is 0 Å². The Bertz CT molecular complexity index is 347. The SMILES string of the molecule is CC(Cc1ccco1)NCC(O)COC1CCCCC1. The van der Waals surface area contributed by atoms with Gasteiger partial charge in [-0.05, 0) is 31.9 Å². The van der Waals surface area contributed by atoms with E-state index in [2.05, 4.69) is 12.2 Å². The first-order chi connectivity index (χ1) is 9.74. The number of hydrogen-bond acceptors (Lipinski definition) is 4. The summed E-state index contributed by atoms with van der Waals surface area (Å²) in [6.45, 7) is 3.09. The Balaban J connectivity index is 1.55. The van der Waals surface area contributed by atoms with Gasteiger partial charge in [-0.3, -0.25) is 0 Å². The van der Waals surface area contributed by atoms with E-state index in [0.29, 0.717) is 19.3 Å². The quantitative estimate of drug-likeness (QED) is 0.769. The second kappa shape index (κ2) is 8.45. The van der Waals surface area contributed by atoms with Gasteiger partial charge in [-0.15, -0.1) is 0 Å². The number of aliphatic hydroxyl groups excluding tert-OH is 1. The Kier molecular flexibility index (Phi) is 6.57. The van der Waals surface area contributed by atoms with Crippen molar-refractivity contribution in [3.63, 3.8) is 0 Å². The van der Waals surface area contributed by atoms with Crippen LogP contribution in [0.1, 0.15) is 44.8 Å². The standard InChI is InChI=1S/C16H27NO3/c1-13(10-16-8-5-9-19-16)17-11-14(18)12-20-15-6-3-2-4-7-15/h5,8-9,13-15,17-18H,2-4,6-7,10-12H2,1H3. The maximum atomic E-state index is 9.94. The molecule has 1 aromatic rings. The lowest BCUT2D eigenvalue weighted by molar-refractivity contribution is -0.0235.